The topological polar surface area (TPSA) is 59.4 Å². The minimum atomic E-state index is -1.05. The highest BCUT2D eigenvalue weighted by molar-refractivity contribution is 6.31. The van der Waals surface area contributed by atoms with Crippen molar-refractivity contribution in [1.82, 2.24) is 4.98 Å². The molecule has 18 heavy (non-hydrogen) atoms. The Labute approximate surface area is 108 Å². The lowest BCUT2D eigenvalue weighted by Crippen LogP contribution is -2.53. The monoisotopic (exact) mass is 263 g/mol. The predicted octanol–water partition coefficient (Wildman–Crippen LogP) is 2.24. The van der Waals surface area contributed by atoms with E-state index in [2.05, 4.69) is 4.98 Å². The average Bonchev–Trinajstić information content (AvgIpc) is 2.27. The molecule has 1 N–H and O–H groups in total. The molecule has 0 amide bonds. The zero-order valence-corrected chi connectivity index (χ0v) is 10.1. The van der Waals surface area contributed by atoms with Crippen LogP contribution in [0.3, 0.4) is 0 Å². The van der Waals surface area contributed by atoms with E-state index in [-0.39, 0.29) is 18.4 Å². The van der Waals surface area contributed by atoms with Crippen LogP contribution in [-0.4, -0.2) is 29.3 Å². The van der Waals surface area contributed by atoms with E-state index in [4.69, 9.17) is 16.3 Å². The number of carboxylic acids is 1. The Morgan fingerprint density at radius 1 is 1.39 bits per heavy atom. The van der Waals surface area contributed by atoms with Gasteiger partial charge in [0.15, 0.2) is 0 Å². The van der Waals surface area contributed by atoms with Crippen molar-refractivity contribution in [3.8, 4) is 0 Å². The molecule has 0 unspecified atom stereocenters. The number of halogens is 1. The van der Waals surface area contributed by atoms with E-state index >= 15 is 0 Å². The van der Waals surface area contributed by atoms with E-state index in [1.54, 1.807) is 6.07 Å². The SMILES string of the molecule is O=C(O)C1(c2cc3ccccc3nc2Cl)COC1. The van der Waals surface area contributed by atoms with Gasteiger partial charge in [0.1, 0.15) is 10.6 Å². The summed E-state index contributed by atoms with van der Waals surface area (Å²) in [6.07, 6.45) is 0. The molecule has 92 valence electrons. The molecular formula is C13H10ClNO3. The molecule has 0 spiro atoms. The average molecular weight is 264 g/mol. The number of carbonyl (C=O) groups is 1. The first-order valence-electron chi connectivity index (χ1n) is 5.50. The van der Waals surface area contributed by atoms with Crippen LogP contribution in [0.15, 0.2) is 30.3 Å². The number of hydrogen-bond acceptors (Lipinski definition) is 3. The molecule has 0 atom stereocenters. The fourth-order valence-corrected chi connectivity index (χ4v) is 2.45. The summed E-state index contributed by atoms with van der Waals surface area (Å²) in [5, 5.41) is 10.5. The fraction of sp³-hybridized carbons (Fsp3) is 0.231. The van der Waals surface area contributed by atoms with Gasteiger partial charge in [-0.25, -0.2) is 4.98 Å². The first-order chi connectivity index (χ1) is 8.63. The number of benzene rings is 1. The van der Waals surface area contributed by atoms with Gasteiger partial charge in [0, 0.05) is 10.9 Å². The quantitative estimate of drug-likeness (QED) is 0.844. The molecule has 1 aliphatic rings. The second-order valence-corrected chi connectivity index (χ2v) is 4.76. The molecule has 2 heterocycles. The molecule has 1 saturated heterocycles. The standard InChI is InChI=1S/C13H10ClNO3/c14-11-9(13(12(16)17)6-18-7-13)5-8-3-1-2-4-10(8)15-11/h1-5H,6-7H2,(H,16,17). The molecule has 5 heteroatoms. The van der Waals surface area contributed by atoms with Crippen LogP contribution in [0.5, 0.6) is 0 Å². The molecule has 0 bridgehead atoms. The second kappa shape index (κ2) is 3.93. The van der Waals surface area contributed by atoms with Crippen LogP contribution >= 0.6 is 11.6 Å². The van der Waals surface area contributed by atoms with Gasteiger partial charge in [-0.15, -0.1) is 0 Å². The van der Waals surface area contributed by atoms with E-state index in [1.165, 1.54) is 0 Å². The number of pyridine rings is 1. The lowest BCUT2D eigenvalue weighted by Gasteiger charge is -2.38. The summed E-state index contributed by atoms with van der Waals surface area (Å²) >= 11 is 6.11. The Bertz CT molecular complexity index is 637. The Balaban J connectivity index is 2.23. The molecule has 1 aromatic carbocycles. The lowest BCUT2D eigenvalue weighted by molar-refractivity contribution is -0.163. The first-order valence-corrected chi connectivity index (χ1v) is 5.88. The fourth-order valence-electron chi connectivity index (χ4n) is 2.13. The second-order valence-electron chi connectivity index (χ2n) is 4.40. The predicted molar refractivity (Wildman–Crippen MR) is 66.9 cm³/mol. The number of aromatic nitrogens is 1. The molecule has 4 nitrogen and oxygen atoms in total. The maximum Gasteiger partial charge on any atom is 0.319 e. The van der Waals surface area contributed by atoms with Crippen molar-refractivity contribution in [3.63, 3.8) is 0 Å². The Kier molecular flexibility index (Phi) is 2.50. The Hall–Kier alpha value is -1.65. The van der Waals surface area contributed by atoms with Crippen molar-refractivity contribution >= 4 is 28.5 Å². The van der Waals surface area contributed by atoms with Gasteiger partial charge in [0.25, 0.3) is 0 Å². The molecular weight excluding hydrogens is 254 g/mol. The molecule has 1 fully saturated rings. The summed E-state index contributed by atoms with van der Waals surface area (Å²) < 4.78 is 5.05. The van der Waals surface area contributed by atoms with Crippen molar-refractivity contribution in [3.05, 3.63) is 41.0 Å². The molecule has 0 saturated carbocycles. The lowest BCUT2D eigenvalue weighted by atomic mass is 9.79. The number of aliphatic carboxylic acids is 1. The number of carboxylic acid groups (broad SMARTS) is 1. The van der Waals surface area contributed by atoms with Crippen molar-refractivity contribution in [1.29, 1.82) is 0 Å². The van der Waals surface area contributed by atoms with Crippen molar-refractivity contribution < 1.29 is 14.6 Å². The third-order valence-corrected chi connectivity index (χ3v) is 3.59. The zero-order chi connectivity index (χ0) is 12.8. The summed E-state index contributed by atoms with van der Waals surface area (Å²) in [5.41, 5.74) is 0.238. The van der Waals surface area contributed by atoms with Crippen LogP contribution in [-0.2, 0) is 14.9 Å². The summed E-state index contributed by atoms with van der Waals surface area (Å²) in [5.74, 6) is -0.923. The van der Waals surface area contributed by atoms with Crippen LogP contribution < -0.4 is 0 Å². The molecule has 0 aliphatic carbocycles. The molecule has 0 radical (unpaired) electrons. The van der Waals surface area contributed by atoms with Gasteiger partial charge in [-0.3, -0.25) is 4.79 Å². The van der Waals surface area contributed by atoms with Gasteiger partial charge in [-0.2, -0.15) is 0 Å². The number of hydrogen-bond donors (Lipinski definition) is 1. The van der Waals surface area contributed by atoms with Crippen LogP contribution in [0.4, 0.5) is 0 Å². The van der Waals surface area contributed by atoms with Crippen LogP contribution in [0, 0.1) is 0 Å². The minimum absolute atomic E-state index is 0.141. The highest BCUT2D eigenvalue weighted by Crippen LogP contribution is 2.37. The number of fused-ring (bicyclic) bond motifs is 1. The van der Waals surface area contributed by atoms with Gasteiger partial charge in [-0.1, -0.05) is 29.8 Å². The van der Waals surface area contributed by atoms with E-state index in [0.717, 1.165) is 10.9 Å². The third-order valence-electron chi connectivity index (χ3n) is 3.30. The highest BCUT2D eigenvalue weighted by Gasteiger charge is 2.49. The van der Waals surface area contributed by atoms with E-state index in [1.807, 2.05) is 24.3 Å². The maximum atomic E-state index is 11.4. The summed E-state index contributed by atoms with van der Waals surface area (Å²) in [4.78, 5) is 15.7. The largest absolute Gasteiger partial charge is 0.480 e. The van der Waals surface area contributed by atoms with Gasteiger partial charge < -0.3 is 9.84 Å². The molecule has 1 aromatic heterocycles. The summed E-state index contributed by atoms with van der Waals surface area (Å²) in [7, 11) is 0. The molecule has 1 aliphatic heterocycles. The van der Waals surface area contributed by atoms with E-state index in [9.17, 15) is 9.90 Å². The number of ether oxygens (including phenoxy) is 1. The number of para-hydroxylation sites is 1. The van der Waals surface area contributed by atoms with Crippen LogP contribution in [0.1, 0.15) is 5.56 Å². The normalized spacial score (nSPS) is 17.4. The van der Waals surface area contributed by atoms with Crippen molar-refractivity contribution in [2.45, 2.75) is 5.41 Å². The van der Waals surface area contributed by atoms with E-state index in [0.29, 0.717) is 5.56 Å². The van der Waals surface area contributed by atoms with Crippen molar-refractivity contribution in [2.75, 3.05) is 13.2 Å². The van der Waals surface area contributed by atoms with Gasteiger partial charge in [0.2, 0.25) is 0 Å². The molecule has 3 rings (SSSR count). The van der Waals surface area contributed by atoms with Crippen molar-refractivity contribution in [2.24, 2.45) is 0 Å². The third kappa shape index (κ3) is 1.50. The van der Waals surface area contributed by atoms with E-state index < -0.39 is 11.4 Å². The number of nitrogens with zero attached hydrogens (tertiary/aromatic N) is 1. The molecule has 2 aromatic rings. The number of rotatable bonds is 2. The Morgan fingerprint density at radius 2 is 2.11 bits per heavy atom. The first kappa shape index (κ1) is 11.4. The maximum absolute atomic E-state index is 11.4. The van der Waals surface area contributed by atoms with Crippen LogP contribution in [0.2, 0.25) is 5.15 Å². The van der Waals surface area contributed by atoms with Crippen LogP contribution in [0.25, 0.3) is 10.9 Å². The Morgan fingerprint density at radius 3 is 2.72 bits per heavy atom. The summed E-state index contributed by atoms with van der Waals surface area (Å²) in [6.45, 7) is 0.282. The highest BCUT2D eigenvalue weighted by atomic mass is 35.5. The van der Waals surface area contributed by atoms with Gasteiger partial charge >= 0.3 is 5.97 Å². The minimum Gasteiger partial charge on any atom is -0.480 e. The zero-order valence-electron chi connectivity index (χ0n) is 9.39. The van der Waals surface area contributed by atoms with Gasteiger partial charge in [-0.05, 0) is 12.1 Å². The van der Waals surface area contributed by atoms with Gasteiger partial charge in [0.05, 0.1) is 18.7 Å². The smallest absolute Gasteiger partial charge is 0.319 e. The summed E-state index contributed by atoms with van der Waals surface area (Å²) in [6, 6.07) is 9.27.